The van der Waals surface area contributed by atoms with Gasteiger partial charge in [0.25, 0.3) is 10.1 Å². The fraction of sp³-hybridized carbons (Fsp3) is 0.364. The van der Waals surface area contributed by atoms with Gasteiger partial charge in [0.05, 0.1) is 12.0 Å². The quantitative estimate of drug-likeness (QED) is 0.583. The van der Waals surface area contributed by atoms with Crippen LogP contribution in [-0.2, 0) is 30.3 Å². The SMILES string of the molecule is COC(=O)C1Cc2ccccc2S(=O)(=O)O1.FC(F)F. The van der Waals surface area contributed by atoms with E-state index in [1.807, 2.05) is 0 Å². The molecule has 0 saturated carbocycles. The minimum Gasteiger partial charge on any atom is -0.467 e. The highest BCUT2D eigenvalue weighted by Crippen LogP contribution is 2.27. The van der Waals surface area contributed by atoms with Gasteiger partial charge in [-0.1, -0.05) is 18.2 Å². The average Bonchev–Trinajstić information content (AvgIpc) is 2.36. The van der Waals surface area contributed by atoms with E-state index in [2.05, 4.69) is 4.74 Å². The monoisotopic (exact) mass is 312 g/mol. The highest BCUT2D eigenvalue weighted by molar-refractivity contribution is 7.87. The van der Waals surface area contributed by atoms with Crippen molar-refractivity contribution in [2.24, 2.45) is 0 Å². The third-order valence-electron chi connectivity index (χ3n) is 2.35. The third-order valence-corrected chi connectivity index (χ3v) is 3.78. The van der Waals surface area contributed by atoms with Crippen molar-refractivity contribution < 1.29 is 35.3 Å². The lowest BCUT2D eigenvalue weighted by molar-refractivity contribution is -0.148. The Morgan fingerprint density at radius 3 is 2.45 bits per heavy atom. The Labute approximate surface area is 113 Å². The van der Waals surface area contributed by atoms with Crippen LogP contribution >= 0.6 is 0 Å². The molecule has 2 rings (SSSR count). The Bertz CT molecular complexity index is 570. The number of hydrogen-bond donors (Lipinski definition) is 0. The van der Waals surface area contributed by atoms with Crippen molar-refractivity contribution in [2.75, 3.05) is 7.11 Å². The third kappa shape index (κ3) is 4.20. The van der Waals surface area contributed by atoms with E-state index >= 15 is 0 Å². The van der Waals surface area contributed by atoms with Crippen LogP contribution in [0.4, 0.5) is 13.2 Å². The minimum atomic E-state index is -3.85. The van der Waals surface area contributed by atoms with E-state index in [9.17, 15) is 26.4 Å². The smallest absolute Gasteiger partial charge is 0.379 e. The highest BCUT2D eigenvalue weighted by atomic mass is 32.2. The van der Waals surface area contributed by atoms with Gasteiger partial charge in [-0.05, 0) is 11.6 Å². The first kappa shape index (κ1) is 16.4. The number of benzene rings is 1. The largest absolute Gasteiger partial charge is 0.467 e. The molecule has 0 aliphatic carbocycles. The van der Waals surface area contributed by atoms with Crippen LogP contribution in [-0.4, -0.2) is 34.3 Å². The molecule has 0 saturated heterocycles. The van der Waals surface area contributed by atoms with Gasteiger partial charge in [-0.15, -0.1) is 0 Å². The first-order chi connectivity index (χ1) is 9.27. The summed E-state index contributed by atoms with van der Waals surface area (Å²) >= 11 is 0. The van der Waals surface area contributed by atoms with Crippen LogP contribution in [0.1, 0.15) is 5.56 Å². The lowest BCUT2D eigenvalue weighted by Crippen LogP contribution is -2.34. The number of hydrogen-bond acceptors (Lipinski definition) is 5. The maximum atomic E-state index is 11.7. The zero-order valence-electron chi connectivity index (χ0n) is 10.3. The van der Waals surface area contributed by atoms with E-state index in [1.165, 1.54) is 13.2 Å². The second-order valence-corrected chi connectivity index (χ2v) is 5.16. The Morgan fingerprint density at radius 2 is 1.90 bits per heavy atom. The molecule has 1 aromatic rings. The molecule has 1 atom stereocenters. The van der Waals surface area contributed by atoms with Crippen LogP contribution in [0.5, 0.6) is 0 Å². The lowest BCUT2D eigenvalue weighted by Gasteiger charge is -2.22. The molecular formula is C11H11F3O5S. The van der Waals surface area contributed by atoms with E-state index in [0.717, 1.165) is 0 Å². The molecule has 0 amide bonds. The second kappa shape index (κ2) is 6.71. The lowest BCUT2D eigenvalue weighted by atomic mass is 10.1. The van der Waals surface area contributed by atoms with Gasteiger partial charge in [-0.2, -0.15) is 21.6 Å². The van der Waals surface area contributed by atoms with Crippen LogP contribution in [0, 0.1) is 0 Å². The number of methoxy groups -OCH3 is 1. The second-order valence-electron chi connectivity index (χ2n) is 3.62. The Morgan fingerprint density at radius 1 is 1.35 bits per heavy atom. The maximum Gasteiger partial charge on any atom is 0.379 e. The first-order valence-electron chi connectivity index (χ1n) is 5.29. The van der Waals surface area contributed by atoms with Crippen LogP contribution in [0.2, 0.25) is 0 Å². The number of ether oxygens (including phenoxy) is 1. The van der Waals surface area contributed by atoms with Gasteiger partial charge in [0.1, 0.15) is 0 Å². The van der Waals surface area contributed by atoms with Gasteiger partial charge in [0, 0.05) is 6.42 Å². The van der Waals surface area contributed by atoms with Crippen molar-refractivity contribution in [3.8, 4) is 0 Å². The van der Waals surface area contributed by atoms with Crippen LogP contribution in [0.25, 0.3) is 0 Å². The van der Waals surface area contributed by atoms with Crippen molar-refractivity contribution in [2.45, 2.75) is 24.1 Å². The summed E-state index contributed by atoms with van der Waals surface area (Å²) in [5.74, 6) is -0.682. The summed E-state index contributed by atoms with van der Waals surface area (Å²) in [4.78, 5) is 11.4. The van der Waals surface area contributed by atoms with Gasteiger partial charge in [-0.25, -0.2) is 4.79 Å². The van der Waals surface area contributed by atoms with Crippen molar-refractivity contribution in [1.82, 2.24) is 0 Å². The van der Waals surface area contributed by atoms with Crippen LogP contribution in [0.3, 0.4) is 0 Å². The number of halogens is 3. The summed E-state index contributed by atoms with van der Waals surface area (Å²) < 4.78 is 61.6. The minimum absolute atomic E-state index is 0.121. The number of rotatable bonds is 1. The molecule has 0 bridgehead atoms. The van der Waals surface area contributed by atoms with Gasteiger partial charge < -0.3 is 4.74 Å². The summed E-state index contributed by atoms with van der Waals surface area (Å²) in [7, 11) is -2.65. The molecule has 0 fully saturated rings. The molecule has 1 aromatic carbocycles. The van der Waals surface area contributed by atoms with Crippen LogP contribution in [0.15, 0.2) is 29.2 Å². The van der Waals surface area contributed by atoms with Crippen molar-refractivity contribution in [3.05, 3.63) is 29.8 Å². The number of carbonyl (C=O) groups excluding carboxylic acids is 1. The topological polar surface area (TPSA) is 69.7 Å². The molecule has 5 nitrogen and oxygen atoms in total. The van der Waals surface area contributed by atoms with Crippen molar-refractivity contribution in [1.29, 1.82) is 0 Å². The summed E-state index contributed by atoms with van der Waals surface area (Å²) in [6.45, 7) is -3.67. The van der Waals surface area contributed by atoms with Gasteiger partial charge in [0.2, 0.25) is 0 Å². The molecule has 0 N–H and O–H groups in total. The molecule has 0 radical (unpaired) electrons. The summed E-state index contributed by atoms with van der Waals surface area (Å²) in [5, 5.41) is 0. The molecule has 9 heteroatoms. The predicted molar refractivity (Wildman–Crippen MR) is 61.3 cm³/mol. The van der Waals surface area contributed by atoms with E-state index in [1.54, 1.807) is 18.2 Å². The number of esters is 1. The zero-order valence-corrected chi connectivity index (χ0v) is 11.1. The van der Waals surface area contributed by atoms with Crippen molar-refractivity contribution >= 4 is 16.1 Å². The first-order valence-corrected chi connectivity index (χ1v) is 6.70. The van der Waals surface area contributed by atoms with E-state index in [-0.39, 0.29) is 11.3 Å². The summed E-state index contributed by atoms with van der Waals surface area (Å²) in [5.41, 5.74) is 0.573. The molecule has 20 heavy (non-hydrogen) atoms. The maximum absolute atomic E-state index is 11.7. The van der Waals surface area contributed by atoms with E-state index in [0.29, 0.717) is 5.56 Å². The number of fused-ring (bicyclic) bond motifs is 1. The molecule has 0 aromatic heterocycles. The molecule has 1 aliphatic heterocycles. The van der Waals surface area contributed by atoms with Gasteiger partial charge in [0.15, 0.2) is 6.10 Å². The standard InChI is InChI=1S/C10H10O5S.CHF3/c1-14-10(11)8-6-7-4-2-3-5-9(7)16(12,13)15-8;2-1(3)4/h2-5,8H,6H2,1H3;1H. The fourth-order valence-corrected chi connectivity index (χ4v) is 2.88. The average molecular weight is 312 g/mol. The highest BCUT2D eigenvalue weighted by Gasteiger charge is 2.35. The van der Waals surface area contributed by atoms with E-state index in [4.69, 9.17) is 4.18 Å². The molecule has 1 unspecified atom stereocenters. The van der Waals surface area contributed by atoms with E-state index < -0.39 is 28.9 Å². The number of alkyl halides is 3. The molecular weight excluding hydrogens is 301 g/mol. The summed E-state index contributed by atoms with van der Waals surface area (Å²) in [6.07, 6.45) is -0.868. The molecule has 1 heterocycles. The molecule has 112 valence electrons. The molecule has 0 spiro atoms. The Balaban J connectivity index is 0.000000444. The number of carbonyl (C=O) groups is 1. The normalized spacial score (nSPS) is 19.6. The van der Waals surface area contributed by atoms with Gasteiger partial charge >= 0.3 is 12.6 Å². The zero-order chi connectivity index (χ0) is 15.3. The van der Waals surface area contributed by atoms with Crippen molar-refractivity contribution in [3.63, 3.8) is 0 Å². The fourth-order valence-electron chi connectivity index (χ4n) is 1.61. The molecule has 1 aliphatic rings. The predicted octanol–water partition coefficient (Wildman–Crippen LogP) is 1.67. The van der Waals surface area contributed by atoms with Gasteiger partial charge in [-0.3, -0.25) is 4.18 Å². The Kier molecular flexibility index (Phi) is 5.52. The summed E-state index contributed by atoms with van der Waals surface area (Å²) in [6, 6.07) is 6.44. The Hall–Kier alpha value is -1.61. The van der Waals surface area contributed by atoms with Crippen LogP contribution < -0.4 is 0 Å².